The summed E-state index contributed by atoms with van der Waals surface area (Å²) in [5, 5.41) is 9.78. The van der Waals surface area contributed by atoms with Crippen LogP contribution in [-0.4, -0.2) is 58.5 Å². The number of aliphatic hydroxyl groups is 1. The number of aliphatic hydroxyl groups excluding tert-OH is 1. The molecule has 0 unspecified atom stereocenters. The van der Waals surface area contributed by atoms with E-state index < -0.39 is 11.4 Å². The van der Waals surface area contributed by atoms with Crippen molar-refractivity contribution in [2.45, 2.75) is 38.6 Å². The molecule has 25 heavy (non-hydrogen) atoms. The van der Waals surface area contributed by atoms with Gasteiger partial charge in [0.2, 0.25) is 5.91 Å². The molecule has 1 spiro atoms. The molecule has 6 heteroatoms. The first-order chi connectivity index (χ1) is 11.8. The molecule has 2 amide bonds. The topological polar surface area (TPSA) is 60.9 Å². The van der Waals surface area contributed by atoms with Gasteiger partial charge in [0.25, 0.3) is 5.91 Å². The third-order valence-corrected chi connectivity index (χ3v) is 5.80. The molecule has 1 aromatic carbocycles. The Morgan fingerprint density at radius 3 is 2.48 bits per heavy atom. The second-order valence-corrected chi connectivity index (χ2v) is 7.74. The molecule has 136 valence electrons. The van der Waals surface area contributed by atoms with E-state index in [0.29, 0.717) is 25.2 Å². The quantitative estimate of drug-likeness (QED) is 0.890. The van der Waals surface area contributed by atoms with Crippen LogP contribution < -0.4 is 0 Å². The zero-order chi connectivity index (χ0) is 18.2. The molecule has 2 fully saturated rings. The summed E-state index contributed by atoms with van der Waals surface area (Å²) in [6.45, 7) is 5.20. The van der Waals surface area contributed by atoms with Gasteiger partial charge in [-0.15, -0.1) is 0 Å². The summed E-state index contributed by atoms with van der Waals surface area (Å²) < 4.78 is 13.3. The normalized spacial score (nSPS) is 25.4. The van der Waals surface area contributed by atoms with Gasteiger partial charge in [-0.3, -0.25) is 9.59 Å². The number of carbonyl (C=O) groups excluding carboxylic acids is 2. The summed E-state index contributed by atoms with van der Waals surface area (Å²) in [7, 11) is 0. The van der Waals surface area contributed by atoms with Gasteiger partial charge < -0.3 is 14.9 Å². The lowest BCUT2D eigenvalue weighted by Gasteiger charge is -2.39. The SMILES string of the molecule is CC(=O)N1CC2(CCN(C(=O)c3cccc(F)c3)CC2)C[C@]1(C)CO. The Labute approximate surface area is 147 Å². The van der Waals surface area contributed by atoms with Crippen LogP contribution in [0, 0.1) is 11.2 Å². The molecule has 2 heterocycles. The smallest absolute Gasteiger partial charge is 0.253 e. The van der Waals surface area contributed by atoms with Crippen molar-refractivity contribution in [3.8, 4) is 0 Å². The van der Waals surface area contributed by atoms with Gasteiger partial charge >= 0.3 is 0 Å². The number of hydrogen-bond donors (Lipinski definition) is 1. The van der Waals surface area contributed by atoms with Gasteiger partial charge in [0.15, 0.2) is 0 Å². The van der Waals surface area contributed by atoms with Crippen molar-refractivity contribution in [1.82, 2.24) is 9.80 Å². The van der Waals surface area contributed by atoms with Crippen LogP contribution in [-0.2, 0) is 4.79 Å². The van der Waals surface area contributed by atoms with E-state index in [0.717, 1.165) is 19.3 Å². The fourth-order valence-electron chi connectivity index (χ4n) is 4.44. The van der Waals surface area contributed by atoms with Crippen LogP contribution >= 0.6 is 0 Å². The van der Waals surface area contributed by atoms with Crippen molar-refractivity contribution in [2.75, 3.05) is 26.2 Å². The molecule has 0 saturated carbocycles. The summed E-state index contributed by atoms with van der Waals surface area (Å²) in [5.74, 6) is -0.585. The predicted molar refractivity (Wildman–Crippen MR) is 91.5 cm³/mol. The molecule has 0 aliphatic carbocycles. The highest BCUT2D eigenvalue weighted by atomic mass is 19.1. The largest absolute Gasteiger partial charge is 0.394 e. The van der Waals surface area contributed by atoms with E-state index in [1.165, 1.54) is 19.1 Å². The van der Waals surface area contributed by atoms with Gasteiger partial charge in [0, 0.05) is 32.1 Å². The van der Waals surface area contributed by atoms with Crippen LogP contribution in [0.5, 0.6) is 0 Å². The van der Waals surface area contributed by atoms with Crippen molar-refractivity contribution in [1.29, 1.82) is 0 Å². The Morgan fingerprint density at radius 1 is 1.28 bits per heavy atom. The fraction of sp³-hybridized carbons (Fsp3) is 0.579. The maximum absolute atomic E-state index is 13.3. The second kappa shape index (κ2) is 6.41. The third-order valence-electron chi connectivity index (χ3n) is 5.80. The van der Waals surface area contributed by atoms with Gasteiger partial charge in [-0.05, 0) is 49.8 Å². The highest BCUT2D eigenvalue weighted by Crippen LogP contribution is 2.48. The van der Waals surface area contributed by atoms with Crippen LogP contribution in [0.2, 0.25) is 0 Å². The average Bonchev–Trinajstić information content (AvgIpc) is 2.88. The Kier molecular flexibility index (Phi) is 4.58. The molecular formula is C19H25FN2O3. The summed E-state index contributed by atoms with van der Waals surface area (Å²) in [4.78, 5) is 28.0. The molecule has 5 nitrogen and oxygen atoms in total. The van der Waals surface area contributed by atoms with Gasteiger partial charge in [0.1, 0.15) is 5.82 Å². The number of amides is 2. The zero-order valence-corrected chi connectivity index (χ0v) is 14.8. The predicted octanol–water partition coefficient (Wildman–Crippen LogP) is 2.05. The van der Waals surface area contributed by atoms with E-state index in [1.54, 1.807) is 21.9 Å². The Hall–Kier alpha value is -1.95. The number of benzene rings is 1. The first kappa shape index (κ1) is 17.9. The lowest BCUT2D eigenvalue weighted by Crippen LogP contribution is -2.46. The van der Waals surface area contributed by atoms with Crippen LogP contribution in [0.15, 0.2) is 24.3 Å². The Balaban J connectivity index is 1.70. The maximum atomic E-state index is 13.3. The molecule has 2 saturated heterocycles. The second-order valence-electron chi connectivity index (χ2n) is 7.74. The minimum atomic E-state index is -0.527. The van der Waals surface area contributed by atoms with Crippen molar-refractivity contribution in [3.63, 3.8) is 0 Å². The molecule has 2 aliphatic rings. The molecule has 2 aliphatic heterocycles. The number of rotatable bonds is 2. The molecule has 1 aromatic rings. The Morgan fingerprint density at radius 2 is 1.96 bits per heavy atom. The molecular weight excluding hydrogens is 323 g/mol. The molecule has 1 N–H and O–H groups in total. The molecule has 1 atom stereocenters. The minimum Gasteiger partial charge on any atom is -0.394 e. The van der Waals surface area contributed by atoms with Crippen LogP contribution in [0.25, 0.3) is 0 Å². The number of piperidine rings is 1. The number of nitrogens with zero attached hydrogens (tertiary/aromatic N) is 2. The Bertz CT molecular complexity index is 685. The van der Waals surface area contributed by atoms with Gasteiger partial charge in [-0.25, -0.2) is 4.39 Å². The van der Waals surface area contributed by atoms with E-state index in [9.17, 15) is 19.1 Å². The number of hydrogen-bond acceptors (Lipinski definition) is 3. The third kappa shape index (κ3) is 3.27. The standard InChI is InChI=1S/C19H25FN2O3/c1-14(24)22-12-19(11-18(22,2)13-23)6-8-21(9-7-19)17(25)15-4-3-5-16(20)10-15/h3-5,10,23H,6-9,11-13H2,1-2H3/t18-/m1/s1. The molecule has 0 bridgehead atoms. The van der Waals surface area contributed by atoms with Crippen molar-refractivity contribution in [3.05, 3.63) is 35.6 Å². The van der Waals surface area contributed by atoms with Gasteiger partial charge in [-0.1, -0.05) is 6.07 Å². The summed E-state index contributed by atoms with van der Waals surface area (Å²) in [5.41, 5.74) is -0.212. The number of halogens is 1. The first-order valence-corrected chi connectivity index (χ1v) is 8.73. The van der Waals surface area contributed by atoms with Crippen molar-refractivity contribution < 1.29 is 19.1 Å². The fourth-order valence-corrected chi connectivity index (χ4v) is 4.44. The van der Waals surface area contributed by atoms with E-state index in [4.69, 9.17) is 0 Å². The van der Waals surface area contributed by atoms with Crippen molar-refractivity contribution >= 4 is 11.8 Å². The van der Waals surface area contributed by atoms with E-state index in [1.807, 2.05) is 6.92 Å². The highest BCUT2D eigenvalue weighted by Gasteiger charge is 2.52. The van der Waals surface area contributed by atoms with E-state index in [2.05, 4.69) is 0 Å². The first-order valence-electron chi connectivity index (χ1n) is 8.73. The lowest BCUT2D eigenvalue weighted by atomic mass is 9.74. The minimum absolute atomic E-state index is 0.0216. The van der Waals surface area contributed by atoms with Crippen LogP contribution in [0.1, 0.15) is 43.5 Å². The lowest BCUT2D eigenvalue weighted by molar-refractivity contribution is -0.134. The summed E-state index contributed by atoms with van der Waals surface area (Å²) >= 11 is 0. The van der Waals surface area contributed by atoms with E-state index >= 15 is 0 Å². The average molecular weight is 348 g/mol. The van der Waals surface area contributed by atoms with Crippen molar-refractivity contribution in [2.24, 2.45) is 5.41 Å². The number of carbonyl (C=O) groups is 2. The summed E-state index contributed by atoms with van der Waals surface area (Å²) in [6.07, 6.45) is 2.32. The number of likely N-dealkylation sites (tertiary alicyclic amines) is 2. The summed E-state index contributed by atoms with van der Waals surface area (Å²) in [6, 6.07) is 5.77. The van der Waals surface area contributed by atoms with E-state index in [-0.39, 0.29) is 23.8 Å². The van der Waals surface area contributed by atoms with Crippen LogP contribution in [0.4, 0.5) is 4.39 Å². The van der Waals surface area contributed by atoms with Gasteiger partial charge in [-0.2, -0.15) is 0 Å². The van der Waals surface area contributed by atoms with Gasteiger partial charge in [0.05, 0.1) is 12.1 Å². The monoisotopic (exact) mass is 348 g/mol. The zero-order valence-electron chi connectivity index (χ0n) is 14.8. The molecule has 3 rings (SSSR count). The molecule has 0 aromatic heterocycles. The molecule has 0 radical (unpaired) electrons. The highest BCUT2D eigenvalue weighted by molar-refractivity contribution is 5.94. The maximum Gasteiger partial charge on any atom is 0.253 e. The van der Waals surface area contributed by atoms with Crippen LogP contribution in [0.3, 0.4) is 0 Å².